The summed E-state index contributed by atoms with van der Waals surface area (Å²) in [5.74, 6) is 5.65. The maximum atomic E-state index is 11.8. The number of carbonyl (C=O) groups is 1. The molecule has 128 valence electrons. The molecule has 0 aliphatic heterocycles. The molecule has 1 N–H and O–H groups in total. The number of allylic oxidation sites excluding steroid dienone is 2. The highest BCUT2D eigenvalue weighted by molar-refractivity contribution is 5.91. The van der Waals surface area contributed by atoms with Crippen LogP contribution in [0.4, 0.5) is 0 Å². The average molecular weight is 324 g/mol. The normalized spacial score (nSPS) is 50.1. The van der Waals surface area contributed by atoms with Crippen LogP contribution in [0.15, 0.2) is 24.3 Å². The zero-order valence-corrected chi connectivity index (χ0v) is 14.6. The Bertz CT molecular complexity index is 653. The van der Waals surface area contributed by atoms with Crippen molar-refractivity contribution in [3.63, 3.8) is 0 Å². The molecule has 24 heavy (non-hydrogen) atoms. The van der Waals surface area contributed by atoms with Gasteiger partial charge in [0, 0.05) is 11.8 Å². The minimum Gasteiger partial charge on any atom is -0.377 e. The first-order valence-corrected chi connectivity index (χ1v) is 9.49. The zero-order chi connectivity index (χ0) is 17.1. The van der Waals surface area contributed by atoms with Crippen LogP contribution in [0.25, 0.3) is 0 Å². The topological polar surface area (TPSA) is 37.3 Å². The number of aliphatic hydroxyl groups is 1. The van der Waals surface area contributed by atoms with Gasteiger partial charge in [-0.2, -0.15) is 0 Å². The molecular formula is C22H28O2. The van der Waals surface area contributed by atoms with Crippen molar-refractivity contribution in [1.29, 1.82) is 0 Å². The van der Waals surface area contributed by atoms with E-state index >= 15 is 0 Å². The van der Waals surface area contributed by atoms with Crippen molar-refractivity contribution >= 4 is 5.78 Å². The number of terminal acetylenes is 1. The summed E-state index contributed by atoms with van der Waals surface area (Å²) < 4.78 is 0. The molecule has 4 rings (SSSR count). The molecule has 0 heterocycles. The summed E-state index contributed by atoms with van der Waals surface area (Å²) in [5, 5.41) is 11.1. The molecule has 0 saturated heterocycles. The first-order chi connectivity index (χ1) is 11.4. The summed E-state index contributed by atoms with van der Waals surface area (Å²) in [4.78, 5) is 11.8. The Kier molecular flexibility index (Phi) is 3.59. The SMILES string of the molecule is C#C[C@@]1(O)CC[C@H]2[C@@H]3CCC4=CC(=O)CC[C@@H]4[C@H]3C(C=C)C[C@@]21C. The monoisotopic (exact) mass is 324 g/mol. The number of hydrogen-bond acceptors (Lipinski definition) is 2. The Morgan fingerprint density at radius 2 is 2.17 bits per heavy atom. The fraction of sp³-hybridized carbons (Fsp3) is 0.682. The van der Waals surface area contributed by atoms with Crippen LogP contribution in [-0.2, 0) is 4.79 Å². The lowest BCUT2D eigenvalue weighted by atomic mass is 9.47. The van der Waals surface area contributed by atoms with Crippen molar-refractivity contribution in [3.05, 3.63) is 24.3 Å². The number of carbonyl (C=O) groups excluding carboxylic acids is 1. The van der Waals surface area contributed by atoms with Gasteiger partial charge in [0.25, 0.3) is 0 Å². The van der Waals surface area contributed by atoms with E-state index in [0.29, 0.717) is 41.8 Å². The first-order valence-electron chi connectivity index (χ1n) is 9.49. The van der Waals surface area contributed by atoms with Crippen molar-refractivity contribution in [2.75, 3.05) is 0 Å². The van der Waals surface area contributed by atoms with Gasteiger partial charge in [0.1, 0.15) is 5.60 Å². The van der Waals surface area contributed by atoms with Gasteiger partial charge in [0.05, 0.1) is 0 Å². The summed E-state index contributed by atoms with van der Waals surface area (Å²) >= 11 is 0. The minimum absolute atomic E-state index is 0.201. The molecule has 0 radical (unpaired) electrons. The maximum absolute atomic E-state index is 11.8. The summed E-state index contributed by atoms with van der Waals surface area (Å²) in [6.07, 6.45) is 16.4. The third-order valence-corrected chi connectivity index (χ3v) is 8.04. The van der Waals surface area contributed by atoms with E-state index in [1.165, 1.54) is 5.57 Å². The molecule has 0 amide bonds. The summed E-state index contributed by atoms with van der Waals surface area (Å²) in [7, 11) is 0. The van der Waals surface area contributed by atoms with Crippen molar-refractivity contribution in [1.82, 2.24) is 0 Å². The highest BCUT2D eigenvalue weighted by Gasteiger charge is 2.63. The highest BCUT2D eigenvalue weighted by atomic mass is 16.3. The van der Waals surface area contributed by atoms with Crippen LogP contribution in [0.3, 0.4) is 0 Å². The van der Waals surface area contributed by atoms with Crippen molar-refractivity contribution < 1.29 is 9.90 Å². The van der Waals surface area contributed by atoms with Gasteiger partial charge in [0.15, 0.2) is 5.78 Å². The van der Waals surface area contributed by atoms with Crippen LogP contribution in [0.2, 0.25) is 0 Å². The molecule has 7 atom stereocenters. The van der Waals surface area contributed by atoms with E-state index in [0.717, 1.165) is 38.5 Å². The van der Waals surface area contributed by atoms with Gasteiger partial charge in [-0.25, -0.2) is 0 Å². The molecule has 0 aromatic heterocycles. The van der Waals surface area contributed by atoms with Gasteiger partial charge in [-0.05, 0) is 74.2 Å². The molecule has 3 fully saturated rings. The molecule has 0 aromatic rings. The average Bonchev–Trinajstić information content (AvgIpc) is 2.85. The van der Waals surface area contributed by atoms with E-state index in [1.807, 2.05) is 6.08 Å². The fourth-order valence-electron chi connectivity index (χ4n) is 6.86. The Balaban J connectivity index is 1.74. The predicted octanol–water partition coefficient (Wildman–Crippen LogP) is 3.90. The minimum atomic E-state index is -0.970. The van der Waals surface area contributed by atoms with Gasteiger partial charge in [0.2, 0.25) is 0 Å². The van der Waals surface area contributed by atoms with E-state index in [1.54, 1.807) is 0 Å². The van der Waals surface area contributed by atoms with E-state index in [4.69, 9.17) is 6.42 Å². The first kappa shape index (κ1) is 16.2. The molecular weight excluding hydrogens is 296 g/mol. The second-order valence-electron chi connectivity index (χ2n) is 8.78. The lowest BCUT2D eigenvalue weighted by Crippen LogP contribution is -2.55. The van der Waals surface area contributed by atoms with Gasteiger partial charge in [-0.1, -0.05) is 24.5 Å². The fourth-order valence-corrected chi connectivity index (χ4v) is 6.86. The smallest absolute Gasteiger partial charge is 0.155 e. The number of rotatable bonds is 1. The van der Waals surface area contributed by atoms with Gasteiger partial charge < -0.3 is 5.11 Å². The van der Waals surface area contributed by atoms with Gasteiger partial charge in [-0.15, -0.1) is 13.0 Å². The third kappa shape index (κ3) is 1.97. The lowest BCUT2D eigenvalue weighted by Gasteiger charge is -2.57. The van der Waals surface area contributed by atoms with Crippen LogP contribution >= 0.6 is 0 Å². The number of fused-ring (bicyclic) bond motifs is 5. The Morgan fingerprint density at radius 1 is 1.38 bits per heavy atom. The largest absolute Gasteiger partial charge is 0.377 e. The van der Waals surface area contributed by atoms with Crippen LogP contribution in [0.1, 0.15) is 51.9 Å². The van der Waals surface area contributed by atoms with Crippen molar-refractivity contribution in [2.24, 2.45) is 35.0 Å². The van der Waals surface area contributed by atoms with Gasteiger partial charge >= 0.3 is 0 Å². The van der Waals surface area contributed by atoms with Crippen LogP contribution in [0, 0.1) is 47.3 Å². The lowest BCUT2D eigenvalue weighted by molar-refractivity contribution is -0.118. The zero-order valence-electron chi connectivity index (χ0n) is 14.6. The summed E-state index contributed by atoms with van der Waals surface area (Å²) in [5.41, 5.74) is 0.212. The van der Waals surface area contributed by atoms with Crippen LogP contribution in [0.5, 0.6) is 0 Å². The molecule has 2 heteroatoms. The second kappa shape index (κ2) is 5.33. The van der Waals surface area contributed by atoms with Crippen LogP contribution < -0.4 is 0 Å². The standard InChI is InChI=1S/C22H28O2/c1-4-14-13-21(3)19(10-11-22(21,24)5-2)18-8-6-15-12-16(23)7-9-17(15)20(14)18/h2,4,12,14,17-20,24H,1,6-11,13H2,3H3/t14?,17-,18-,19-,20+,21-,22+/m0/s1. The van der Waals surface area contributed by atoms with Crippen molar-refractivity contribution in [2.45, 2.75) is 57.5 Å². The molecule has 0 spiro atoms. The van der Waals surface area contributed by atoms with Crippen molar-refractivity contribution in [3.8, 4) is 12.3 Å². The van der Waals surface area contributed by atoms with E-state index < -0.39 is 5.60 Å². The predicted molar refractivity (Wildman–Crippen MR) is 94.9 cm³/mol. The third-order valence-electron chi connectivity index (χ3n) is 8.04. The highest BCUT2D eigenvalue weighted by Crippen LogP contribution is 2.66. The Labute approximate surface area is 145 Å². The number of hydrogen-bond donors (Lipinski definition) is 1. The Morgan fingerprint density at radius 3 is 2.88 bits per heavy atom. The molecule has 4 aliphatic rings. The quantitative estimate of drug-likeness (QED) is 0.586. The molecule has 2 nitrogen and oxygen atoms in total. The van der Waals surface area contributed by atoms with Gasteiger partial charge in [-0.3, -0.25) is 4.79 Å². The van der Waals surface area contributed by atoms with E-state index in [-0.39, 0.29) is 5.41 Å². The maximum Gasteiger partial charge on any atom is 0.155 e. The molecule has 0 aromatic carbocycles. The molecule has 3 saturated carbocycles. The van der Waals surface area contributed by atoms with Crippen LogP contribution in [-0.4, -0.2) is 16.5 Å². The second-order valence-corrected chi connectivity index (χ2v) is 8.78. The molecule has 0 bridgehead atoms. The molecule has 4 aliphatic carbocycles. The number of ketones is 1. The Hall–Kier alpha value is -1.33. The van der Waals surface area contributed by atoms with E-state index in [9.17, 15) is 9.90 Å². The summed E-state index contributed by atoms with van der Waals surface area (Å²) in [6, 6.07) is 0. The molecule has 1 unspecified atom stereocenters. The van der Waals surface area contributed by atoms with E-state index in [2.05, 4.69) is 25.5 Å². The summed E-state index contributed by atoms with van der Waals surface area (Å²) in [6.45, 7) is 6.34.